The lowest BCUT2D eigenvalue weighted by Gasteiger charge is -2.11. The normalized spacial score (nSPS) is 12.5. The van der Waals surface area contributed by atoms with Gasteiger partial charge < -0.3 is 0 Å². The zero-order chi connectivity index (χ0) is 8.48. The first-order chi connectivity index (χ1) is 5.05. The third-order valence-electron chi connectivity index (χ3n) is 1.13. The van der Waals surface area contributed by atoms with E-state index < -0.39 is 18.0 Å². The van der Waals surface area contributed by atoms with E-state index in [1.54, 1.807) is 5.10 Å². The molecule has 1 N–H and O–H groups in total. The molecule has 6 heteroatoms. The van der Waals surface area contributed by atoms with Crippen LogP contribution >= 0.6 is 0 Å². The van der Waals surface area contributed by atoms with E-state index in [0.29, 0.717) is 0 Å². The number of nitrogens with one attached hydrogen (secondary N) is 1. The van der Waals surface area contributed by atoms with E-state index in [-0.39, 0.29) is 0 Å². The van der Waals surface area contributed by atoms with Crippen LogP contribution in [0.3, 0.4) is 0 Å². The van der Waals surface area contributed by atoms with Crippen LogP contribution < -0.4 is 0 Å². The van der Waals surface area contributed by atoms with Crippen molar-refractivity contribution < 1.29 is 17.6 Å². The van der Waals surface area contributed by atoms with Crippen LogP contribution in [0.2, 0.25) is 0 Å². The zero-order valence-electron chi connectivity index (χ0n) is 5.19. The van der Waals surface area contributed by atoms with Gasteiger partial charge in [-0.15, -0.1) is 0 Å². The Morgan fingerprint density at radius 3 is 2.45 bits per heavy atom. The molecule has 2 nitrogen and oxygen atoms in total. The Bertz CT molecular complexity index is 218. The molecule has 1 rings (SSSR count). The molecule has 0 aliphatic carbocycles. The largest absolute Gasteiger partial charge is 0.348 e. The number of aromatic amines is 1. The first kappa shape index (κ1) is 8.03. The first-order valence-electron chi connectivity index (χ1n) is 2.71. The van der Waals surface area contributed by atoms with Crippen molar-refractivity contribution in [3.63, 3.8) is 0 Å². The molecule has 0 aromatic carbocycles. The van der Waals surface area contributed by atoms with Gasteiger partial charge >= 0.3 is 12.3 Å². The number of hydrogen-bond donors (Lipinski definition) is 1. The third kappa shape index (κ3) is 1.33. The van der Waals surface area contributed by atoms with E-state index in [2.05, 4.69) is 5.10 Å². The second-order valence-electron chi connectivity index (χ2n) is 1.89. The van der Waals surface area contributed by atoms with Crippen molar-refractivity contribution in [2.45, 2.75) is 12.3 Å². The number of nitrogens with zero attached hydrogens (tertiary/aromatic N) is 1. The quantitative estimate of drug-likeness (QED) is 0.669. The summed E-state index contributed by atoms with van der Waals surface area (Å²) < 4.78 is 47.7. The second kappa shape index (κ2) is 2.52. The minimum Gasteiger partial charge on any atom is -0.276 e. The molecule has 0 bridgehead atoms. The van der Waals surface area contributed by atoms with Crippen molar-refractivity contribution >= 4 is 0 Å². The molecule has 0 aliphatic rings. The van der Waals surface area contributed by atoms with Gasteiger partial charge in [-0.3, -0.25) is 5.10 Å². The summed E-state index contributed by atoms with van der Waals surface area (Å²) in [5.74, 6) is -4.13. The van der Waals surface area contributed by atoms with Crippen molar-refractivity contribution in [1.29, 1.82) is 0 Å². The number of hydrogen-bond acceptors (Lipinski definition) is 1. The van der Waals surface area contributed by atoms with Crippen LogP contribution in [0.1, 0.15) is 5.69 Å². The molecule has 0 saturated carbocycles. The van der Waals surface area contributed by atoms with Crippen LogP contribution in [0.4, 0.5) is 17.6 Å². The van der Waals surface area contributed by atoms with Crippen LogP contribution in [-0.4, -0.2) is 16.6 Å². The van der Waals surface area contributed by atoms with Crippen LogP contribution in [-0.2, 0) is 5.92 Å². The molecule has 0 fully saturated rings. The van der Waals surface area contributed by atoms with E-state index in [0.717, 1.165) is 12.3 Å². The smallest absolute Gasteiger partial charge is 0.276 e. The standard InChI is InChI=1S/C5H4F4N2/c6-4(7)5(8,9)3-1-2-10-11-3/h1-2,4H,(H,10,11). The average Bonchev–Trinajstić information content (AvgIpc) is 2.37. The maximum absolute atomic E-state index is 12.3. The molecule has 0 saturated heterocycles. The Hall–Kier alpha value is -1.07. The van der Waals surface area contributed by atoms with Gasteiger partial charge in [0.15, 0.2) is 0 Å². The molecule has 0 amide bonds. The molecule has 0 atom stereocenters. The first-order valence-corrected chi connectivity index (χ1v) is 2.71. The lowest BCUT2D eigenvalue weighted by atomic mass is 10.2. The summed E-state index contributed by atoms with van der Waals surface area (Å²) in [4.78, 5) is 0. The van der Waals surface area contributed by atoms with Crippen molar-refractivity contribution in [3.05, 3.63) is 18.0 Å². The minimum absolute atomic E-state index is 0.812. The number of halogens is 4. The maximum atomic E-state index is 12.3. The highest BCUT2D eigenvalue weighted by atomic mass is 19.3. The summed E-state index contributed by atoms with van der Waals surface area (Å²) in [6.45, 7) is 0. The molecule has 0 unspecified atom stereocenters. The summed E-state index contributed by atoms with van der Waals surface area (Å²) in [6, 6.07) is 0.812. The minimum atomic E-state index is -4.13. The molecule has 0 aliphatic heterocycles. The zero-order valence-corrected chi connectivity index (χ0v) is 5.19. The Morgan fingerprint density at radius 2 is 2.09 bits per heavy atom. The van der Waals surface area contributed by atoms with E-state index in [1.165, 1.54) is 0 Å². The summed E-state index contributed by atoms with van der Waals surface area (Å²) >= 11 is 0. The fourth-order valence-corrected chi connectivity index (χ4v) is 0.559. The van der Waals surface area contributed by atoms with E-state index >= 15 is 0 Å². The molecule has 0 spiro atoms. The molecule has 1 heterocycles. The molecular formula is C5H4F4N2. The second-order valence-corrected chi connectivity index (χ2v) is 1.89. The van der Waals surface area contributed by atoms with Gasteiger partial charge in [-0.25, -0.2) is 8.78 Å². The van der Waals surface area contributed by atoms with Crippen LogP contribution in [0, 0.1) is 0 Å². The predicted molar refractivity (Wildman–Crippen MR) is 28.5 cm³/mol. The van der Waals surface area contributed by atoms with E-state index in [4.69, 9.17) is 0 Å². The van der Waals surface area contributed by atoms with Crippen molar-refractivity contribution in [2.75, 3.05) is 0 Å². The Kier molecular flexibility index (Phi) is 1.84. The van der Waals surface area contributed by atoms with Gasteiger partial charge in [0, 0.05) is 6.20 Å². The van der Waals surface area contributed by atoms with Gasteiger partial charge in [-0.05, 0) is 6.07 Å². The van der Waals surface area contributed by atoms with Gasteiger partial charge in [0.25, 0.3) is 0 Å². The average molecular weight is 168 g/mol. The number of H-pyrrole nitrogens is 1. The van der Waals surface area contributed by atoms with Crippen LogP contribution in [0.15, 0.2) is 12.3 Å². The molecular weight excluding hydrogens is 164 g/mol. The number of rotatable bonds is 2. The summed E-state index contributed by atoms with van der Waals surface area (Å²) in [5, 5.41) is 4.91. The molecule has 62 valence electrons. The SMILES string of the molecule is FC(F)C(F)(F)c1ccn[nH]1. The predicted octanol–water partition coefficient (Wildman–Crippen LogP) is 1.77. The number of alkyl halides is 4. The highest BCUT2D eigenvalue weighted by Gasteiger charge is 2.43. The third-order valence-corrected chi connectivity index (χ3v) is 1.13. The van der Waals surface area contributed by atoms with Crippen molar-refractivity contribution in [1.82, 2.24) is 10.2 Å². The Balaban J connectivity index is 2.90. The Morgan fingerprint density at radius 1 is 1.45 bits per heavy atom. The van der Waals surface area contributed by atoms with E-state index in [9.17, 15) is 17.6 Å². The highest BCUT2D eigenvalue weighted by molar-refractivity contribution is 5.06. The molecule has 0 radical (unpaired) electrons. The fourth-order valence-electron chi connectivity index (χ4n) is 0.559. The van der Waals surface area contributed by atoms with Gasteiger partial charge in [-0.1, -0.05) is 0 Å². The van der Waals surface area contributed by atoms with Crippen molar-refractivity contribution in [2.24, 2.45) is 0 Å². The van der Waals surface area contributed by atoms with E-state index in [1.807, 2.05) is 0 Å². The fraction of sp³-hybridized carbons (Fsp3) is 0.400. The summed E-state index contributed by atoms with van der Waals surface area (Å²) in [7, 11) is 0. The Labute approximate surface area is 59.2 Å². The van der Waals surface area contributed by atoms with Gasteiger partial charge in [0.1, 0.15) is 5.69 Å². The molecule has 11 heavy (non-hydrogen) atoms. The summed E-state index contributed by atoms with van der Waals surface area (Å²) in [5.41, 5.74) is -0.868. The topological polar surface area (TPSA) is 28.7 Å². The number of aromatic nitrogens is 2. The summed E-state index contributed by atoms with van der Waals surface area (Å²) in [6.07, 6.45) is -2.71. The lowest BCUT2D eigenvalue weighted by Crippen LogP contribution is -2.23. The van der Waals surface area contributed by atoms with Crippen molar-refractivity contribution in [3.8, 4) is 0 Å². The lowest BCUT2D eigenvalue weighted by molar-refractivity contribution is -0.138. The highest BCUT2D eigenvalue weighted by Crippen LogP contribution is 2.32. The van der Waals surface area contributed by atoms with Gasteiger partial charge in [0.05, 0.1) is 0 Å². The van der Waals surface area contributed by atoms with Gasteiger partial charge in [-0.2, -0.15) is 13.9 Å². The molecule has 1 aromatic rings. The maximum Gasteiger partial charge on any atom is 0.348 e. The van der Waals surface area contributed by atoms with Crippen LogP contribution in [0.25, 0.3) is 0 Å². The van der Waals surface area contributed by atoms with Gasteiger partial charge in [0.2, 0.25) is 0 Å². The molecule has 1 aromatic heterocycles. The monoisotopic (exact) mass is 168 g/mol. The van der Waals surface area contributed by atoms with Crippen LogP contribution in [0.5, 0.6) is 0 Å².